The topological polar surface area (TPSA) is 55.1 Å². The fourth-order valence-corrected chi connectivity index (χ4v) is 3.21. The normalized spacial score (nSPS) is 12.9. The second-order valence-electron chi connectivity index (χ2n) is 4.90. The highest BCUT2D eigenvalue weighted by molar-refractivity contribution is 7.18. The Morgan fingerprint density at radius 2 is 2.30 bits per heavy atom. The first-order chi connectivity index (χ1) is 9.65. The van der Waals surface area contributed by atoms with Gasteiger partial charge in [0.05, 0.1) is 30.2 Å². The predicted molar refractivity (Wildman–Crippen MR) is 83.8 cm³/mol. The first kappa shape index (κ1) is 15.5. The Morgan fingerprint density at radius 1 is 1.50 bits per heavy atom. The SMILES string of the molecule is CCCCCc1cc2c(=O)n(CC(O)CCl)cnc2s1. The fraction of sp³-hybridized carbons (Fsp3) is 0.571. The van der Waals surface area contributed by atoms with Crippen molar-refractivity contribution in [2.75, 3.05) is 5.88 Å². The number of hydrogen-bond donors (Lipinski definition) is 1. The minimum absolute atomic E-state index is 0.0999. The Morgan fingerprint density at radius 3 is 3.00 bits per heavy atom. The molecule has 2 aromatic rings. The standard InChI is InChI=1S/C14H19ClN2O2S/c1-2-3-4-5-11-6-12-13(20-11)16-9-17(14(12)19)8-10(18)7-15/h6,9-10,18H,2-5,7-8H2,1H3. The summed E-state index contributed by atoms with van der Waals surface area (Å²) in [5.41, 5.74) is -0.0999. The summed E-state index contributed by atoms with van der Waals surface area (Å²) < 4.78 is 1.43. The third-order valence-corrected chi connectivity index (χ3v) is 4.64. The summed E-state index contributed by atoms with van der Waals surface area (Å²) in [5.74, 6) is 0.108. The highest BCUT2D eigenvalue weighted by atomic mass is 35.5. The molecule has 2 rings (SSSR count). The molecule has 0 bridgehead atoms. The van der Waals surface area contributed by atoms with E-state index in [9.17, 15) is 9.90 Å². The Hall–Kier alpha value is -0.910. The van der Waals surface area contributed by atoms with Gasteiger partial charge in [0, 0.05) is 4.88 Å². The van der Waals surface area contributed by atoms with Crippen molar-refractivity contribution in [1.29, 1.82) is 0 Å². The van der Waals surface area contributed by atoms with Crippen LogP contribution in [0.2, 0.25) is 0 Å². The van der Waals surface area contributed by atoms with Crippen LogP contribution in [0.3, 0.4) is 0 Å². The Kier molecular flexibility index (Phi) is 5.57. The molecule has 1 N–H and O–H groups in total. The van der Waals surface area contributed by atoms with Crippen molar-refractivity contribution in [3.05, 3.63) is 27.6 Å². The van der Waals surface area contributed by atoms with Crippen molar-refractivity contribution in [1.82, 2.24) is 9.55 Å². The van der Waals surface area contributed by atoms with Crippen LogP contribution in [0.5, 0.6) is 0 Å². The lowest BCUT2D eigenvalue weighted by molar-refractivity contribution is 0.175. The van der Waals surface area contributed by atoms with E-state index in [1.54, 1.807) is 11.3 Å². The summed E-state index contributed by atoms with van der Waals surface area (Å²) in [4.78, 5) is 18.6. The molecule has 1 unspecified atom stereocenters. The Balaban J connectivity index is 2.24. The molecule has 0 spiro atoms. The molecule has 4 nitrogen and oxygen atoms in total. The molecule has 2 aromatic heterocycles. The molecule has 0 fully saturated rings. The van der Waals surface area contributed by atoms with Gasteiger partial charge in [-0.25, -0.2) is 4.98 Å². The first-order valence-corrected chi connectivity index (χ1v) is 8.22. The number of alkyl halides is 1. The number of thiophene rings is 1. The molecular weight excluding hydrogens is 296 g/mol. The van der Waals surface area contributed by atoms with Crippen LogP contribution in [0, 0.1) is 0 Å². The summed E-state index contributed by atoms with van der Waals surface area (Å²) >= 11 is 7.15. The van der Waals surface area contributed by atoms with Crippen molar-refractivity contribution < 1.29 is 5.11 Å². The van der Waals surface area contributed by atoms with Crippen LogP contribution in [0.15, 0.2) is 17.2 Å². The van der Waals surface area contributed by atoms with Crippen LogP contribution in [0.1, 0.15) is 31.1 Å². The Labute approximate surface area is 127 Å². The van der Waals surface area contributed by atoms with Gasteiger partial charge >= 0.3 is 0 Å². The van der Waals surface area contributed by atoms with E-state index in [1.807, 2.05) is 6.07 Å². The minimum Gasteiger partial charge on any atom is -0.390 e. The molecule has 0 amide bonds. The number of aliphatic hydroxyl groups excluding tert-OH is 1. The average molecular weight is 315 g/mol. The van der Waals surface area contributed by atoms with Crippen molar-refractivity contribution in [3.8, 4) is 0 Å². The summed E-state index contributed by atoms with van der Waals surface area (Å²) in [7, 11) is 0. The number of aryl methyl sites for hydroxylation is 1. The van der Waals surface area contributed by atoms with Crippen molar-refractivity contribution in [2.45, 2.75) is 45.3 Å². The monoisotopic (exact) mass is 314 g/mol. The minimum atomic E-state index is -0.726. The molecule has 0 aromatic carbocycles. The molecule has 0 saturated carbocycles. The molecule has 0 saturated heterocycles. The van der Waals surface area contributed by atoms with Gasteiger partial charge in [-0.3, -0.25) is 9.36 Å². The van der Waals surface area contributed by atoms with Crippen LogP contribution < -0.4 is 5.56 Å². The third-order valence-electron chi connectivity index (χ3n) is 3.18. The van der Waals surface area contributed by atoms with E-state index in [1.165, 1.54) is 28.6 Å². The van der Waals surface area contributed by atoms with Crippen LogP contribution in [0.25, 0.3) is 10.2 Å². The fourth-order valence-electron chi connectivity index (χ4n) is 2.09. The summed E-state index contributed by atoms with van der Waals surface area (Å²) in [6.07, 6.45) is 5.30. The van der Waals surface area contributed by atoms with Crippen LogP contribution in [-0.2, 0) is 13.0 Å². The largest absolute Gasteiger partial charge is 0.390 e. The van der Waals surface area contributed by atoms with E-state index in [4.69, 9.17) is 11.6 Å². The number of fused-ring (bicyclic) bond motifs is 1. The molecule has 0 radical (unpaired) electrons. The number of rotatable bonds is 7. The number of aromatic nitrogens is 2. The summed E-state index contributed by atoms with van der Waals surface area (Å²) in [6.45, 7) is 2.36. The molecule has 110 valence electrons. The molecule has 20 heavy (non-hydrogen) atoms. The van der Waals surface area contributed by atoms with Gasteiger partial charge in [0.15, 0.2) is 0 Å². The van der Waals surface area contributed by atoms with Gasteiger partial charge in [0.2, 0.25) is 0 Å². The van der Waals surface area contributed by atoms with Crippen LogP contribution >= 0.6 is 22.9 Å². The zero-order valence-electron chi connectivity index (χ0n) is 11.5. The molecule has 6 heteroatoms. The molecule has 0 aliphatic carbocycles. The van der Waals surface area contributed by atoms with E-state index >= 15 is 0 Å². The maximum absolute atomic E-state index is 12.3. The van der Waals surface area contributed by atoms with Gasteiger partial charge in [-0.1, -0.05) is 19.8 Å². The number of halogens is 1. The maximum Gasteiger partial charge on any atom is 0.262 e. The Bertz CT molecular complexity index is 623. The number of hydrogen-bond acceptors (Lipinski definition) is 4. The lowest BCUT2D eigenvalue weighted by Gasteiger charge is -2.08. The molecule has 1 atom stereocenters. The van der Waals surface area contributed by atoms with Gasteiger partial charge in [-0.15, -0.1) is 22.9 Å². The quantitative estimate of drug-likeness (QED) is 0.631. The third kappa shape index (κ3) is 3.59. The van der Waals surface area contributed by atoms with Crippen LogP contribution in [0.4, 0.5) is 0 Å². The van der Waals surface area contributed by atoms with Gasteiger partial charge in [0.1, 0.15) is 4.83 Å². The highest BCUT2D eigenvalue weighted by Gasteiger charge is 2.11. The van der Waals surface area contributed by atoms with Crippen molar-refractivity contribution in [2.24, 2.45) is 0 Å². The molecular formula is C14H19ClN2O2S. The lowest BCUT2D eigenvalue weighted by atomic mass is 10.2. The van der Waals surface area contributed by atoms with E-state index in [0.29, 0.717) is 5.39 Å². The summed E-state index contributed by atoms with van der Waals surface area (Å²) in [6, 6.07) is 1.94. The smallest absolute Gasteiger partial charge is 0.262 e. The number of unbranched alkanes of at least 4 members (excludes halogenated alkanes) is 2. The van der Waals surface area contributed by atoms with Crippen molar-refractivity contribution >= 4 is 33.2 Å². The zero-order valence-corrected chi connectivity index (χ0v) is 13.1. The predicted octanol–water partition coefficient (Wildman–Crippen LogP) is 2.79. The van der Waals surface area contributed by atoms with E-state index in [2.05, 4.69) is 11.9 Å². The van der Waals surface area contributed by atoms with Gasteiger partial charge < -0.3 is 5.11 Å². The average Bonchev–Trinajstić information content (AvgIpc) is 2.86. The zero-order chi connectivity index (χ0) is 14.5. The van der Waals surface area contributed by atoms with Crippen molar-refractivity contribution in [3.63, 3.8) is 0 Å². The summed E-state index contributed by atoms with van der Waals surface area (Å²) in [5, 5.41) is 10.2. The van der Waals surface area contributed by atoms with Crippen LogP contribution in [-0.4, -0.2) is 26.6 Å². The maximum atomic E-state index is 12.3. The second kappa shape index (κ2) is 7.20. The van der Waals surface area contributed by atoms with E-state index in [-0.39, 0.29) is 18.0 Å². The van der Waals surface area contributed by atoms with E-state index in [0.717, 1.165) is 17.7 Å². The molecule has 0 aliphatic heterocycles. The lowest BCUT2D eigenvalue weighted by Crippen LogP contribution is -2.27. The molecule has 0 aliphatic rings. The first-order valence-electron chi connectivity index (χ1n) is 6.87. The highest BCUT2D eigenvalue weighted by Crippen LogP contribution is 2.22. The van der Waals surface area contributed by atoms with E-state index < -0.39 is 6.10 Å². The van der Waals surface area contributed by atoms with Gasteiger partial charge in [-0.2, -0.15) is 0 Å². The number of nitrogens with zero attached hydrogens (tertiary/aromatic N) is 2. The van der Waals surface area contributed by atoms with Gasteiger partial charge in [-0.05, 0) is 18.9 Å². The second-order valence-corrected chi connectivity index (χ2v) is 6.32. The molecule has 2 heterocycles. The number of aliphatic hydroxyl groups is 1. The van der Waals surface area contributed by atoms with Gasteiger partial charge in [0.25, 0.3) is 5.56 Å².